The number of likely N-dealkylation sites (tertiary alicyclic amines) is 1. The molecule has 2 aromatic carbocycles. The summed E-state index contributed by atoms with van der Waals surface area (Å²) in [6, 6.07) is 12.2. The predicted molar refractivity (Wildman–Crippen MR) is 130 cm³/mol. The number of hydrogen-bond acceptors (Lipinski definition) is 4. The van der Waals surface area contributed by atoms with Crippen LogP contribution in [0.25, 0.3) is 0 Å². The molecule has 1 aliphatic heterocycles. The van der Waals surface area contributed by atoms with Gasteiger partial charge in [-0.3, -0.25) is 14.9 Å². The number of halogens is 1. The van der Waals surface area contributed by atoms with Gasteiger partial charge in [-0.05, 0) is 90.4 Å². The molecule has 2 N–H and O–H groups in total. The zero-order valence-corrected chi connectivity index (χ0v) is 19.9. The largest absolute Gasteiger partial charge is 0.493 e. The summed E-state index contributed by atoms with van der Waals surface area (Å²) in [7, 11) is 0. The maximum absolute atomic E-state index is 12.7. The van der Waals surface area contributed by atoms with E-state index in [0.29, 0.717) is 33.6 Å². The summed E-state index contributed by atoms with van der Waals surface area (Å²) in [4.78, 5) is 27.1. The van der Waals surface area contributed by atoms with Crippen molar-refractivity contribution in [3.8, 4) is 5.75 Å². The second-order valence-electron chi connectivity index (χ2n) is 7.27. The van der Waals surface area contributed by atoms with Crippen LogP contribution in [0.1, 0.15) is 53.3 Å². The SMILES string of the molecule is CCOc1ccc(C(=O)NC(=S)Nc2ccc(C(=O)N3CCCCCC3)cc2)cc1Br. The summed E-state index contributed by atoms with van der Waals surface area (Å²) in [5.74, 6) is 0.411. The number of carbonyl (C=O) groups excluding carboxylic acids is 2. The monoisotopic (exact) mass is 503 g/mol. The van der Waals surface area contributed by atoms with Gasteiger partial charge in [0.2, 0.25) is 0 Å². The summed E-state index contributed by atoms with van der Waals surface area (Å²) in [6.45, 7) is 4.07. The number of amides is 2. The third-order valence-electron chi connectivity index (χ3n) is 5.00. The first-order valence-corrected chi connectivity index (χ1v) is 11.6. The van der Waals surface area contributed by atoms with Gasteiger partial charge < -0.3 is 15.0 Å². The Hall–Kier alpha value is -2.45. The zero-order valence-electron chi connectivity index (χ0n) is 17.4. The summed E-state index contributed by atoms with van der Waals surface area (Å²) in [5.41, 5.74) is 1.81. The first-order chi connectivity index (χ1) is 15.0. The van der Waals surface area contributed by atoms with Crippen LogP contribution in [0.2, 0.25) is 0 Å². The second kappa shape index (κ2) is 11.2. The molecule has 164 valence electrons. The van der Waals surface area contributed by atoms with E-state index in [2.05, 4.69) is 26.6 Å². The van der Waals surface area contributed by atoms with Gasteiger partial charge in [0.15, 0.2) is 5.11 Å². The van der Waals surface area contributed by atoms with Crippen molar-refractivity contribution in [2.45, 2.75) is 32.6 Å². The summed E-state index contributed by atoms with van der Waals surface area (Å²) in [6.07, 6.45) is 4.49. The highest BCUT2D eigenvalue weighted by Gasteiger charge is 2.17. The number of anilines is 1. The van der Waals surface area contributed by atoms with Gasteiger partial charge in [0, 0.05) is 29.9 Å². The standard InChI is InChI=1S/C23H26BrN3O3S/c1-2-30-20-12-9-17(15-19(20)24)21(28)26-23(31)25-18-10-7-16(8-11-18)22(29)27-13-5-3-4-6-14-27/h7-12,15H,2-6,13-14H2,1H3,(H2,25,26,28,31). The average molecular weight is 504 g/mol. The van der Waals surface area contributed by atoms with Crippen LogP contribution in [0.5, 0.6) is 5.75 Å². The molecular weight excluding hydrogens is 478 g/mol. The van der Waals surface area contributed by atoms with E-state index >= 15 is 0 Å². The number of benzene rings is 2. The Balaban J connectivity index is 1.56. The maximum atomic E-state index is 12.7. The molecule has 2 amide bonds. The van der Waals surface area contributed by atoms with Crippen molar-refractivity contribution in [2.75, 3.05) is 25.0 Å². The van der Waals surface area contributed by atoms with Crippen molar-refractivity contribution in [3.63, 3.8) is 0 Å². The van der Waals surface area contributed by atoms with E-state index in [1.807, 2.05) is 11.8 Å². The van der Waals surface area contributed by atoms with Crippen LogP contribution < -0.4 is 15.4 Å². The molecule has 0 saturated carbocycles. The van der Waals surface area contributed by atoms with Crippen LogP contribution >= 0.6 is 28.1 Å². The first-order valence-electron chi connectivity index (χ1n) is 10.4. The van der Waals surface area contributed by atoms with Crippen molar-refractivity contribution < 1.29 is 14.3 Å². The Bertz CT molecular complexity index is 942. The minimum absolute atomic E-state index is 0.0606. The fourth-order valence-electron chi connectivity index (χ4n) is 3.40. The molecule has 2 aromatic rings. The van der Waals surface area contributed by atoms with Gasteiger partial charge in [0.05, 0.1) is 11.1 Å². The molecule has 1 saturated heterocycles. The van der Waals surface area contributed by atoms with E-state index in [1.54, 1.807) is 42.5 Å². The molecule has 1 fully saturated rings. The van der Waals surface area contributed by atoms with Crippen molar-refractivity contribution in [1.82, 2.24) is 10.2 Å². The van der Waals surface area contributed by atoms with Crippen LogP contribution in [0.4, 0.5) is 5.69 Å². The first kappa shape index (κ1) is 23.2. The Morgan fingerprint density at radius 1 is 1.03 bits per heavy atom. The normalized spacial score (nSPS) is 13.8. The molecule has 0 radical (unpaired) electrons. The van der Waals surface area contributed by atoms with Crippen LogP contribution in [0, 0.1) is 0 Å². The summed E-state index contributed by atoms with van der Waals surface area (Å²) in [5, 5.41) is 5.83. The lowest BCUT2D eigenvalue weighted by molar-refractivity contribution is 0.0761. The van der Waals surface area contributed by atoms with Gasteiger partial charge in [-0.25, -0.2) is 0 Å². The highest BCUT2D eigenvalue weighted by atomic mass is 79.9. The second-order valence-corrected chi connectivity index (χ2v) is 8.53. The van der Waals surface area contributed by atoms with Crippen molar-refractivity contribution in [3.05, 3.63) is 58.1 Å². The number of nitrogens with zero attached hydrogens (tertiary/aromatic N) is 1. The zero-order chi connectivity index (χ0) is 22.2. The van der Waals surface area contributed by atoms with E-state index in [9.17, 15) is 9.59 Å². The minimum atomic E-state index is -0.325. The average Bonchev–Trinajstić information content (AvgIpc) is 3.05. The number of hydrogen-bond donors (Lipinski definition) is 2. The minimum Gasteiger partial charge on any atom is -0.493 e. The van der Waals surface area contributed by atoms with E-state index in [1.165, 1.54) is 12.8 Å². The highest BCUT2D eigenvalue weighted by molar-refractivity contribution is 9.10. The molecule has 0 aromatic heterocycles. The smallest absolute Gasteiger partial charge is 0.257 e. The topological polar surface area (TPSA) is 70.7 Å². The molecule has 31 heavy (non-hydrogen) atoms. The van der Waals surface area contributed by atoms with E-state index in [-0.39, 0.29) is 16.9 Å². The van der Waals surface area contributed by atoms with Crippen molar-refractivity contribution in [1.29, 1.82) is 0 Å². The summed E-state index contributed by atoms with van der Waals surface area (Å²) < 4.78 is 6.16. The number of ether oxygens (including phenoxy) is 1. The van der Waals surface area contributed by atoms with Crippen LogP contribution in [-0.4, -0.2) is 41.5 Å². The molecule has 8 heteroatoms. The number of carbonyl (C=O) groups is 2. The van der Waals surface area contributed by atoms with Gasteiger partial charge in [-0.15, -0.1) is 0 Å². The van der Waals surface area contributed by atoms with Crippen LogP contribution in [-0.2, 0) is 0 Å². The van der Waals surface area contributed by atoms with E-state index in [4.69, 9.17) is 17.0 Å². The number of thiocarbonyl (C=S) groups is 1. The van der Waals surface area contributed by atoms with Crippen molar-refractivity contribution >= 4 is 50.8 Å². The molecule has 0 spiro atoms. The maximum Gasteiger partial charge on any atom is 0.257 e. The van der Waals surface area contributed by atoms with Gasteiger partial charge in [0.1, 0.15) is 5.75 Å². The number of nitrogens with one attached hydrogen (secondary N) is 2. The number of rotatable bonds is 5. The van der Waals surface area contributed by atoms with Crippen LogP contribution in [0.15, 0.2) is 46.9 Å². The van der Waals surface area contributed by atoms with Gasteiger partial charge in [-0.1, -0.05) is 12.8 Å². The Kier molecular flexibility index (Phi) is 8.43. The quantitative estimate of drug-likeness (QED) is 0.562. The lowest BCUT2D eigenvalue weighted by Gasteiger charge is -2.20. The molecule has 0 aliphatic carbocycles. The Morgan fingerprint density at radius 2 is 1.68 bits per heavy atom. The van der Waals surface area contributed by atoms with Gasteiger partial charge in [-0.2, -0.15) is 0 Å². The molecular formula is C23H26BrN3O3S. The van der Waals surface area contributed by atoms with Crippen molar-refractivity contribution in [2.24, 2.45) is 0 Å². The Labute approximate surface area is 196 Å². The molecule has 6 nitrogen and oxygen atoms in total. The van der Waals surface area contributed by atoms with E-state index in [0.717, 1.165) is 25.9 Å². The molecule has 1 aliphatic rings. The molecule has 1 heterocycles. The van der Waals surface area contributed by atoms with Gasteiger partial charge >= 0.3 is 0 Å². The fourth-order valence-corrected chi connectivity index (χ4v) is 4.11. The molecule has 0 atom stereocenters. The molecule has 3 rings (SSSR count). The lowest BCUT2D eigenvalue weighted by Crippen LogP contribution is -2.34. The molecule has 0 unspecified atom stereocenters. The highest BCUT2D eigenvalue weighted by Crippen LogP contribution is 2.26. The third kappa shape index (κ3) is 6.51. The summed E-state index contributed by atoms with van der Waals surface area (Å²) >= 11 is 8.66. The lowest BCUT2D eigenvalue weighted by atomic mass is 10.1. The third-order valence-corrected chi connectivity index (χ3v) is 5.83. The van der Waals surface area contributed by atoms with E-state index < -0.39 is 0 Å². The fraction of sp³-hybridized carbons (Fsp3) is 0.348. The Morgan fingerprint density at radius 3 is 2.29 bits per heavy atom. The molecule has 0 bridgehead atoms. The van der Waals surface area contributed by atoms with Gasteiger partial charge in [0.25, 0.3) is 11.8 Å². The van der Waals surface area contributed by atoms with Crippen LogP contribution in [0.3, 0.4) is 0 Å². The predicted octanol–water partition coefficient (Wildman–Crippen LogP) is 4.99.